The molecule has 2 rings (SSSR count). The normalized spacial score (nSPS) is 22.3. The zero-order valence-electron chi connectivity index (χ0n) is 11.5. The van der Waals surface area contributed by atoms with E-state index in [0.29, 0.717) is 12.5 Å². The lowest BCUT2D eigenvalue weighted by molar-refractivity contribution is -0.140. The Morgan fingerprint density at radius 2 is 2.21 bits per heavy atom. The fourth-order valence-corrected chi connectivity index (χ4v) is 2.86. The van der Waals surface area contributed by atoms with Crippen molar-refractivity contribution < 1.29 is 14.3 Å². The van der Waals surface area contributed by atoms with Crippen LogP contribution in [-0.4, -0.2) is 37.1 Å². The molecule has 19 heavy (non-hydrogen) atoms. The Hall–Kier alpha value is -1.52. The molecule has 1 saturated heterocycles. The Bertz CT molecular complexity index is 379. The van der Waals surface area contributed by atoms with Gasteiger partial charge in [0, 0.05) is 18.8 Å². The quantitative estimate of drug-likeness (QED) is 0.795. The number of carbonyl (C=O) groups is 2. The van der Waals surface area contributed by atoms with E-state index in [4.69, 9.17) is 0 Å². The molecule has 0 bridgehead atoms. The Kier molecular flexibility index (Phi) is 4.82. The zero-order chi connectivity index (χ0) is 13.7. The van der Waals surface area contributed by atoms with Crippen molar-refractivity contribution in [2.24, 2.45) is 5.92 Å². The van der Waals surface area contributed by atoms with Crippen LogP contribution in [0.2, 0.25) is 0 Å². The second-order valence-electron chi connectivity index (χ2n) is 5.11. The first-order valence-electron chi connectivity index (χ1n) is 7.04. The zero-order valence-corrected chi connectivity index (χ0v) is 11.5. The van der Waals surface area contributed by atoms with Crippen LogP contribution in [0, 0.1) is 5.92 Å². The molecule has 0 spiro atoms. The lowest BCUT2D eigenvalue weighted by atomic mass is 9.85. The van der Waals surface area contributed by atoms with Gasteiger partial charge in [0.25, 0.3) is 0 Å². The van der Waals surface area contributed by atoms with Crippen LogP contribution in [0.3, 0.4) is 0 Å². The molecule has 1 heterocycles. The molecule has 0 aromatic heterocycles. The lowest BCUT2D eigenvalue weighted by Gasteiger charge is -2.37. The van der Waals surface area contributed by atoms with E-state index in [9.17, 15) is 9.59 Å². The third-order valence-electron chi connectivity index (χ3n) is 3.85. The summed E-state index contributed by atoms with van der Waals surface area (Å²) >= 11 is 0. The number of methoxy groups -OCH3 is 1. The molecular weight excluding hydrogens is 244 g/mol. The molecule has 1 fully saturated rings. The van der Waals surface area contributed by atoms with Crippen LogP contribution in [0.25, 0.3) is 0 Å². The van der Waals surface area contributed by atoms with Gasteiger partial charge in [-0.1, -0.05) is 6.08 Å². The maximum atomic E-state index is 12.1. The summed E-state index contributed by atoms with van der Waals surface area (Å²) < 4.78 is 4.55. The molecule has 2 aliphatic rings. The Morgan fingerprint density at radius 3 is 3.00 bits per heavy atom. The molecule has 5 nitrogen and oxygen atoms in total. The summed E-state index contributed by atoms with van der Waals surface area (Å²) in [5, 5.41) is 2.80. The summed E-state index contributed by atoms with van der Waals surface area (Å²) in [4.78, 5) is 25.0. The van der Waals surface area contributed by atoms with E-state index in [2.05, 4.69) is 16.1 Å². The van der Waals surface area contributed by atoms with Crippen molar-refractivity contribution >= 4 is 12.0 Å². The highest BCUT2D eigenvalue weighted by atomic mass is 16.5. The smallest absolute Gasteiger partial charge is 0.321 e. The average molecular weight is 266 g/mol. The van der Waals surface area contributed by atoms with Crippen molar-refractivity contribution in [2.75, 3.05) is 20.2 Å². The number of nitrogens with zero attached hydrogens (tertiary/aromatic N) is 1. The van der Waals surface area contributed by atoms with Gasteiger partial charge in [-0.25, -0.2) is 4.79 Å². The van der Waals surface area contributed by atoms with Crippen LogP contribution < -0.4 is 5.32 Å². The van der Waals surface area contributed by atoms with Crippen LogP contribution in [0.4, 0.5) is 4.79 Å². The molecule has 0 aromatic carbocycles. The largest absolute Gasteiger partial charge is 0.469 e. The van der Waals surface area contributed by atoms with Crippen molar-refractivity contribution in [1.29, 1.82) is 0 Å². The predicted octanol–water partition coefficient (Wildman–Crippen LogP) is 2.04. The van der Waals surface area contributed by atoms with Crippen LogP contribution in [0.5, 0.6) is 0 Å². The minimum absolute atomic E-state index is 0.0817. The molecule has 2 amide bonds. The Morgan fingerprint density at radius 1 is 1.42 bits per heavy atom. The molecule has 1 N–H and O–H groups in total. The first-order chi connectivity index (χ1) is 9.22. The van der Waals surface area contributed by atoms with Gasteiger partial charge >= 0.3 is 12.0 Å². The van der Waals surface area contributed by atoms with Crippen molar-refractivity contribution in [3.05, 3.63) is 11.8 Å². The van der Waals surface area contributed by atoms with Crippen LogP contribution in [-0.2, 0) is 9.53 Å². The summed E-state index contributed by atoms with van der Waals surface area (Å²) in [6.45, 7) is 1.12. The molecule has 1 aliphatic heterocycles. The second kappa shape index (κ2) is 6.59. The number of hydrogen-bond donors (Lipinski definition) is 1. The number of amides is 2. The standard InChI is InChI=1S/C14H22N2O3/c1-19-13(17)8-9-15-14(18)16-10-4-6-11-5-2-3-7-12(11)16/h7,11H,2-6,8-10H2,1H3,(H,15,18). The van der Waals surface area contributed by atoms with E-state index in [1.807, 2.05) is 4.90 Å². The molecule has 1 atom stereocenters. The van der Waals surface area contributed by atoms with Gasteiger partial charge in [0.15, 0.2) is 0 Å². The molecule has 0 aromatic rings. The van der Waals surface area contributed by atoms with Crippen molar-refractivity contribution in [3.8, 4) is 0 Å². The van der Waals surface area contributed by atoms with Gasteiger partial charge in [0.1, 0.15) is 0 Å². The van der Waals surface area contributed by atoms with E-state index in [1.54, 1.807) is 0 Å². The Balaban J connectivity index is 1.87. The maximum absolute atomic E-state index is 12.1. The van der Waals surface area contributed by atoms with Crippen LogP contribution >= 0.6 is 0 Å². The number of nitrogens with one attached hydrogen (secondary N) is 1. The van der Waals surface area contributed by atoms with Gasteiger partial charge in [-0.05, 0) is 38.0 Å². The van der Waals surface area contributed by atoms with Gasteiger partial charge in [-0.2, -0.15) is 0 Å². The van der Waals surface area contributed by atoms with Crippen LogP contribution in [0.1, 0.15) is 38.5 Å². The third-order valence-corrected chi connectivity index (χ3v) is 3.85. The van der Waals surface area contributed by atoms with Gasteiger partial charge in [-0.15, -0.1) is 0 Å². The van der Waals surface area contributed by atoms with E-state index >= 15 is 0 Å². The molecule has 106 valence electrons. The van der Waals surface area contributed by atoms with Crippen LogP contribution in [0.15, 0.2) is 11.8 Å². The fraction of sp³-hybridized carbons (Fsp3) is 0.714. The first-order valence-corrected chi connectivity index (χ1v) is 7.04. The van der Waals surface area contributed by atoms with E-state index in [1.165, 1.54) is 32.1 Å². The van der Waals surface area contributed by atoms with E-state index < -0.39 is 0 Å². The summed E-state index contributed by atoms with van der Waals surface area (Å²) in [5.41, 5.74) is 1.19. The van der Waals surface area contributed by atoms with Gasteiger partial charge in [0.2, 0.25) is 0 Å². The molecule has 1 aliphatic carbocycles. The summed E-state index contributed by atoms with van der Waals surface area (Å²) in [6, 6.07) is -0.0817. The van der Waals surface area contributed by atoms with Crippen molar-refractivity contribution in [1.82, 2.24) is 10.2 Å². The number of urea groups is 1. The summed E-state index contributed by atoms with van der Waals surface area (Å²) in [7, 11) is 1.35. The maximum Gasteiger partial charge on any atom is 0.321 e. The predicted molar refractivity (Wildman–Crippen MR) is 71.4 cm³/mol. The van der Waals surface area contributed by atoms with Gasteiger partial charge in [0.05, 0.1) is 13.5 Å². The van der Waals surface area contributed by atoms with Gasteiger partial charge < -0.3 is 10.1 Å². The minimum atomic E-state index is -0.297. The van der Waals surface area contributed by atoms with E-state index in [0.717, 1.165) is 19.4 Å². The molecule has 1 unspecified atom stereocenters. The van der Waals surface area contributed by atoms with Gasteiger partial charge in [-0.3, -0.25) is 9.69 Å². The monoisotopic (exact) mass is 266 g/mol. The third kappa shape index (κ3) is 3.49. The second-order valence-corrected chi connectivity index (χ2v) is 5.11. The van der Waals surface area contributed by atoms with E-state index in [-0.39, 0.29) is 18.4 Å². The first kappa shape index (κ1) is 13.9. The highest BCUT2D eigenvalue weighted by molar-refractivity contribution is 5.77. The lowest BCUT2D eigenvalue weighted by Crippen LogP contribution is -2.45. The average Bonchev–Trinajstić information content (AvgIpc) is 2.46. The number of piperidine rings is 1. The number of allylic oxidation sites excluding steroid dienone is 2. The number of fused-ring (bicyclic) bond motifs is 1. The fourth-order valence-electron chi connectivity index (χ4n) is 2.86. The molecular formula is C14H22N2O3. The number of ether oxygens (including phenoxy) is 1. The van der Waals surface area contributed by atoms with Crippen molar-refractivity contribution in [2.45, 2.75) is 38.5 Å². The number of rotatable bonds is 3. The number of carbonyl (C=O) groups excluding carboxylic acids is 2. The summed E-state index contributed by atoms with van der Waals surface area (Å²) in [5.74, 6) is 0.252. The SMILES string of the molecule is COC(=O)CCNC(=O)N1CCCC2CCCC=C21. The Labute approximate surface area is 114 Å². The molecule has 0 saturated carbocycles. The molecule has 5 heteroatoms. The number of likely N-dealkylation sites (tertiary alicyclic amines) is 1. The summed E-state index contributed by atoms with van der Waals surface area (Å²) in [6.07, 6.45) is 8.16. The molecule has 0 radical (unpaired) electrons. The number of esters is 1. The number of hydrogen-bond acceptors (Lipinski definition) is 3. The topological polar surface area (TPSA) is 58.6 Å². The highest BCUT2D eigenvalue weighted by Crippen LogP contribution is 2.34. The highest BCUT2D eigenvalue weighted by Gasteiger charge is 2.30. The minimum Gasteiger partial charge on any atom is -0.469 e. The van der Waals surface area contributed by atoms with Crippen molar-refractivity contribution in [3.63, 3.8) is 0 Å².